The third-order valence-electron chi connectivity index (χ3n) is 1.16. The SMILES string of the molecule is C=CCN(CC=C)CC=C.FB(F)F. The predicted octanol–water partition coefficient (Wildman–Crippen LogP) is 2.73. The zero-order valence-electron chi connectivity index (χ0n) is 8.13. The molecule has 0 radical (unpaired) electrons. The van der Waals surface area contributed by atoms with Crippen LogP contribution >= 0.6 is 0 Å². The molecule has 0 aromatic rings. The Morgan fingerprint density at radius 2 is 1.07 bits per heavy atom. The van der Waals surface area contributed by atoms with Gasteiger partial charge in [0.2, 0.25) is 0 Å². The molecule has 0 rings (SSSR count). The van der Waals surface area contributed by atoms with E-state index in [0.717, 1.165) is 19.6 Å². The van der Waals surface area contributed by atoms with Gasteiger partial charge in [-0.05, 0) is 0 Å². The second-order valence-electron chi connectivity index (χ2n) is 2.33. The molecule has 80 valence electrons. The molecule has 0 atom stereocenters. The first-order chi connectivity index (χ1) is 6.58. The molecule has 5 heteroatoms. The van der Waals surface area contributed by atoms with Crippen LogP contribution in [0.5, 0.6) is 0 Å². The average molecular weight is 205 g/mol. The molecule has 0 aromatic carbocycles. The van der Waals surface area contributed by atoms with Gasteiger partial charge in [-0.25, -0.2) is 0 Å². The largest absolute Gasteiger partial charge is 0.762 e. The molecule has 0 saturated carbocycles. The summed E-state index contributed by atoms with van der Waals surface area (Å²) in [6.45, 7) is 13.7. The van der Waals surface area contributed by atoms with Crippen LogP contribution in [-0.4, -0.2) is 32.1 Å². The molecule has 0 aliphatic carbocycles. The Balaban J connectivity index is 0. The zero-order valence-corrected chi connectivity index (χ0v) is 8.13. The molecule has 0 N–H and O–H groups in total. The Labute approximate surface area is 83.8 Å². The summed E-state index contributed by atoms with van der Waals surface area (Å²) in [7, 11) is -3.67. The fourth-order valence-electron chi connectivity index (χ4n) is 0.771. The smallest absolute Gasteiger partial charge is 0.292 e. The molecule has 0 fully saturated rings. The number of halogens is 3. The van der Waals surface area contributed by atoms with Crippen LogP contribution in [0.25, 0.3) is 0 Å². The highest BCUT2D eigenvalue weighted by atomic mass is 19.4. The highest BCUT2D eigenvalue weighted by Gasteiger charge is 2.06. The Morgan fingerprint density at radius 3 is 1.21 bits per heavy atom. The van der Waals surface area contributed by atoms with Gasteiger partial charge in [-0.2, -0.15) is 0 Å². The Bertz CT molecular complexity index is 136. The average Bonchev–Trinajstić information content (AvgIpc) is 2.04. The molecular weight excluding hydrogens is 190 g/mol. The van der Waals surface area contributed by atoms with Crippen molar-refractivity contribution >= 4 is 7.54 Å². The van der Waals surface area contributed by atoms with Gasteiger partial charge in [0, 0.05) is 19.6 Å². The van der Waals surface area contributed by atoms with Gasteiger partial charge in [0.1, 0.15) is 0 Å². The van der Waals surface area contributed by atoms with Crippen LogP contribution in [0.15, 0.2) is 38.0 Å². The van der Waals surface area contributed by atoms with E-state index in [9.17, 15) is 12.9 Å². The first kappa shape index (κ1) is 15.5. The lowest BCUT2D eigenvalue weighted by atomic mass is 10.4. The highest BCUT2D eigenvalue weighted by Crippen LogP contribution is 1.88. The maximum atomic E-state index is 9.67. The predicted molar refractivity (Wildman–Crippen MR) is 56.1 cm³/mol. The van der Waals surface area contributed by atoms with Crippen molar-refractivity contribution in [3.05, 3.63) is 38.0 Å². The van der Waals surface area contributed by atoms with Crippen molar-refractivity contribution in [2.24, 2.45) is 0 Å². The maximum absolute atomic E-state index is 9.67. The van der Waals surface area contributed by atoms with E-state index >= 15 is 0 Å². The minimum atomic E-state index is -3.67. The summed E-state index contributed by atoms with van der Waals surface area (Å²) in [5.41, 5.74) is 0. The van der Waals surface area contributed by atoms with Gasteiger partial charge in [-0.3, -0.25) is 17.8 Å². The van der Waals surface area contributed by atoms with Crippen molar-refractivity contribution in [2.75, 3.05) is 19.6 Å². The van der Waals surface area contributed by atoms with E-state index in [1.54, 1.807) is 0 Å². The van der Waals surface area contributed by atoms with Crippen molar-refractivity contribution < 1.29 is 12.9 Å². The third-order valence-corrected chi connectivity index (χ3v) is 1.16. The maximum Gasteiger partial charge on any atom is 0.762 e. The van der Waals surface area contributed by atoms with Crippen LogP contribution in [0.3, 0.4) is 0 Å². The summed E-state index contributed by atoms with van der Waals surface area (Å²) in [6, 6.07) is 0. The second-order valence-corrected chi connectivity index (χ2v) is 2.33. The molecule has 0 amide bonds. The Kier molecular flexibility index (Phi) is 13.3. The van der Waals surface area contributed by atoms with Gasteiger partial charge in [0.15, 0.2) is 0 Å². The number of nitrogens with zero attached hydrogens (tertiary/aromatic N) is 1. The van der Waals surface area contributed by atoms with Crippen LogP contribution in [0.2, 0.25) is 0 Å². The molecule has 0 unspecified atom stereocenters. The zero-order chi connectivity index (χ0) is 11.4. The van der Waals surface area contributed by atoms with Crippen molar-refractivity contribution in [1.82, 2.24) is 4.90 Å². The number of hydrogen-bond donors (Lipinski definition) is 0. The molecular formula is C9H15BF3N. The van der Waals surface area contributed by atoms with Crippen molar-refractivity contribution in [3.8, 4) is 0 Å². The van der Waals surface area contributed by atoms with Crippen LogP contribution in [0.4, 0.5) is 12.9 Å². The first-order valence-electron chi connectivity index (χ1n) is 4.05. The summed E-state index contributed by atoms with van der Waals surface area (Å²) in [6.07, 6.45) is 5.65. The lowest BCUT2D eigenvalue weighted by Gasteiger charge is -2.15. The quantitative estimate of drug-likeness (QED) is 0.476. The number of rotatable bonds is 6. The highest BCUT2D eigenvalue weighted by molar-refractivity contribution is 6.33. The molecule has 0 saturated heterocycles. The standard InChI is InChI=1S/C9H15N.BF3/c1-4-7-10(8-5-2)9-6-3;2-1(3)4/h4-6H,1-3,7-9H2;. The fraction of sp³-hybridized carbons (Fsp3) is 0.333. The van der Waals surface area contributed by atoms with Crippen LogP contribution in [0, 0.1) is 0 Å². The van der Waals surface area contributed by atoms with Gasteiger partial charge in [-0.15, -0.1) is 19.7 Å². The fourth-order valence-corrected chi connectivity index (χ4v) is 0.771. The molecule has 0 aliphatic rings. The van der Waals surface area contributed by atoms with E-state index in [1.165, 1.54) is 0 Å². The summed E-state index contributed by atoms with van der Waals surface area (Å²) in [4.78, 5) is 2.19. The molecule has 0 bridgehead atoms. The third kappa shape index (κ3) is 17.2. The topological polar surface area (TPSA) is 3.24 Å². The summed E-state index contributed by atoms with van der Waals surface area (Å²) in [5, 5.41) is 0. The lowest BCUT2D eigenvalue weighted by molar-refractivity contribution is 0.373. The van der Waals surface area contributed by atoms with E-state index in [0.29, 0.717) is 0 Å². The van der Waals surface area contributed by atoms with Gasteiger partial charge in [0.25, 0.3) is 0 Å². The van der Waals surface area contributed by atoms with Crippen LogP contribution < -0.4 is 0 Å². The van der Waals surface area contributed by atoms with E-state index < -0.39 is 7.54 Å². The normalized spacial score (nSPS) is 8.57. The summed E-state index contributed by atoms with van der Waals surface area (Å²) < 4.78 is 29.0. The van der Waals surface area contributed by atoms with E-state index in [-0.39, 0.29) is 0 Å². The van der Waals surface area contributed by atoms with Crippen LogP contribution in [-0.2, 0) is 0 Å². The first-order valence-corrected chi connectivity index (χ1v) is 4.05. The number of hydrogen-bond acceptors (Lipinski definition) is 1. The summed E-state index contributed by atoms with van der Waals surface area (Å²) >= 11 is 0. The van der Waals surface area contributed by atoms with Crippen molar-refractivity contribution in [3.63, 3.8) is 0 Å². The monoisotopic (exact) mass is 205 g/mol. The Morgan fingerprint density at radius 1 is 0.857 bits per heavy atom. The van der Waals surface area contributed by atoms with Crippen molar-refractivity contribution in [1.29, 1.82) is 0 Å². The molecule has 14 heavy (non-hydrogen) atoms. The van der Waals surface area contributed by atoms with Gasteiger partial charge in [0.05, 0.1) is 0 Å². The molecule has 0 aliphatic heterocycles. The van der Waals surface area contributed by atoms with Crippen molar-refractivity contribution in [2.45, 2.75) is 0 Å². The summed E-state index contributed by atoms with van der Waals surface area (Å²) in [5.74, 6) is 0. The van der Waals surface area contributed by atoms with E-state index in [4.69, 9.17) is 0 Å². The minimum absolute atomic E-state index is 0.901. The second kappa shape index (κ2) is 12.0. The van der Waals surface area contributed by atoms with Gasteiger partial charge < -0.3 is 0 Å². The Hall–Kier alpha value is -0.965. The van der Waals surface area contributed by atoms with E-state index in [1.807, 2.05) is 18.2 Å². The molecule has 0 heterocycles. The molecule has 0 spiro atoms. The van der Waals surface area contributed by atoms with Gasteiger partial charge >= 0.3 is 7.54 Å². The minimum Gasteiger partial charge on any atom is -0.292 e. The molecule has 1 nitrogen and oxygen atoms in total. The van der Waals surface area contributed by atoms with Crippen LogP contribution in [0.1, 0.15) is 0 Å². The van der Waals surface area contributed by atoms with E-state index in [2.05, 4.69) is 24.6 Å². The lowest BCUT2D eigenvalue weighted by Crippen LogP contribution is -2.23. The molecule has 0 aromatic heterocycles. The van der Waals surface area contributed by atoms with Gasteiger partial charge in [-0.1, -0.05) is 18.2 Å².